The van der Waals surface area contributed by atoms with Crippen molar-refractivity contribution < 1.29 is 4.79 Å². The molecule has 4 nitrogen and oxygen atoms in total. The molecule has 3 rings (SSSR count). The van der Waals surface area contributed by atoms with Gasteiger partial charge in [0.1, 0.15) is 5.82 Å². The van der Waals surface area contributed by atoms with Crippen molar-refractivity contribution >= 4 is 17.4 Å². The minimum absolute atomic E-state index is 0.0676. The molecule has 3 aromatic rings. The largest absolute Gasteiger partial charge is 0.380 e. The monoisotopic (exact) mass is 345 g/mol. The van der Waals surface area contributed by atoms with E-state index in [1.807, 2.05) is 55.5 Å². The fourth-order valence-electron chi connectivity index (χ4n) is 2.66. The van der Waals surface area contributed by atoms with Crippen molar-refractivity contribution in [2.75, 3.05) is 10.6 Å². The van der Waals surface area contributed by atoms with Crippen LogP contribution in [0, 0.1) is 13.8 Å². The van der Waals surface area contributed by atoms with Crippen molar-refractivity contribution in [1.82, 2.24) is 4.98 Å². The molecule has 0 aliphatic rings. The molecule has 0 bridgehead atoms. The Labute approximate surface area is 154 Å². The number of carbonyl (C=O) groups excluding carboxylic acids is 1. The molecule has 4 heteroatoms. The van der Waals surface area contributed by atoms with E-state index in [2.05, 4.69) is 34.7 Å². The summed E-state index contributed by atoms with van der Waals surface area (Å²) in [7, 11) is 0. The van der Waals surface area contributed by atoms with E-state index in [1.54, 1.807) is 6.20 Å². The van der Waals surface area contributed by atoms with Crippen LogP contribution in [-0.2, 0) is 17.8 Å². The molecular formula is C22H23N3O. The maximum absolute atomic E-state index is 12.1. The lowest BCUT2D eigenvalue weighted by Gasteiger charge is -2.10. The van der Waals surface area contributed by atoms with Crippen molar-refractivity contribution in [1.29, 1.82) is 0 Å². The predicted molar refractivity (Wildman–Crippen MR) is 106 cm³/mol. The molecule has 1 aromatic heterocycles. The molecule has 0 fully saturated rings. The molecule has 0 radical (unpaired) electrons. The summed E-state index contributed by atoms with van der Waals surface area (Å²) in [5.41, 5.74) is 5.61. The number of hydrogen-bond acceptors (Lipinski definition) is 3. The summed E-state index contributed by atoms with van der Waals surface area (Å²) < 4.78 is 0. The van der Waals surface area contributed by atoms with Gasteiger partial charge in [-0.15, -0.1) is 0 Å². The minimum atomic E-state index is -0.0676. The van der Waals surface area contributed by atoms with Crippen LogP contribution in [0.25, 0.3) is 0 Å². The van der Waals surface area contributed by atoms with Crippen LogP contribution in [-0.4, -0.2) is 10.9 Å². The third-order valence-electron chi connectivity index (χ3n) is 4.26. The van der Waals surface area contributed by atoms with E-state index in [4.69, 9.17) is 0 Å². The average Bonchev–Trinajstić information content (AvgIpc) is 2.64. The van der Waals surface area contributed by atoms with Crippen molar-refractivity contribution in [3.8, 4) is 0 Å². The van der Waals surface area contributed by atoms with Crippen LogP contribution in [0.1, 0.15) is 22.3 Å². The maximum Gasteiger partial charge on any atom is 0.229 e. The number of aryl methyl sites for hydroxylation is 2. The summed E-state index contributed by atoms with van der Waals surface area (Å²) >= 11 is 0. The number of pyridine rings is 1. The Morgan fingerprint density at radius 2 is 1.73 bits per heavy atom. The number of anilines is 2. The molecule has 0 saturated heterocycles. The molecule has 132 valence electrons. The zero-order valence-corrected chi connectivity index (χ0v) is 15.1. The SMILES string of the molecule is Cc1ccc(CC(=O)Nc2ccc(NCc3ccccc3C)cn2)cc1. The molecule has 0 unspecified atom stereocenters. The van der Waals surface area contributed by atoms with Gasteiger partial charge in [0.05, 0.1) is 18.3 Å². The number of rotatable bonds is 6. The Bertz CT molecular complexity index is 871. The summed E-state index contributed by atoms with van der Waals surface area (Å²) in [5, 5.41) is 6.19. The summed E-state index contributed by atoms with van der Waals surface area (Å²) in [5.74, 6) is 0.491. The zero-order valence-electron chi connectivity index (χ0n) is 15.1. The predicted octanol–water partition coefficient (Wildman–Crippen LogP) is 4.49. The van der Waals surface area contributed by atoms with Gasteiger partial charge >= 0.3 is 0 Å². The third-order valence-corrected chi connectivity index (χ3v) is 4.26. The number of nitrogens with one attached hydrogen (secondary N) is 2. The first-order valence-corrected chi connectivity index (χ1v) is 8.70. The van der Waals surface area contributed by atoms with Crippen LogP contribution in [0.5, 0.6) is 0 Å². The number of carbonyl (C=O) groups is 1. The van der Waals surface area contributed by atoms with Crippen LogP contribution < -0.4 is 10.6 Å². The second kappa shape index (κ2) is 8.30. The van der Waals surface area contributed by atoms with Crippen LogP contribution in [0.4, 0.5) is 11.5 Å². The highest BCUT2D eigenvalue weighted by atomic mass is 16.1. The Kier molecular flexibility index (Phi) is 5.64. The average molecular weight is 345 g/mol. The zero-order chi connectivity index (χ0) is 18.4. The molecule has 0 atom stereocenters. The van der Waals surface area contributed by atoms with Gasteiger partial charge in [-0.3, -0.25) is 4.79 Å². The van der Waals surface area contributed by atoms with Gasteiger partial charge in [0.2, 0.25) is 5.91 Å². The molecule has 1 heterocycles. The van der Waals surface area contributed by atoms with Gasteiger partial charge in [-0.1, -0.05) is 54.1 Å². The number of aromatic nitrogens is 1. The number of benzene rings is 2. The lowest BCUT2D eigenvalue weighted by atomic mass is 10.1. The smallest absolute Gasteiger partial charge is 0.229 e. The Hall–Kier alpha value is -3.14. The Balaban J connectivity index is 1.53. The summed E-state index contributed by atoms with van der Waals surface area (Å²) in [6, 6.07) is 20.0. The summed E-state index contributed by atoms with van der Waals surface area (Å²) in [6.07, 6.45) is 2.08. The molecule has 0 spiro atoms. The van der Waals surface area contributed by atoms with Crippen LogP contribution in [0.3, 0.4) is 0 Å². The summed E-state index contributed by atoms with van der Waals surface area (Å²) in [4.78, 5) is 16.4. The maximum atomic E-state index is 12.1. The first-order chi connectivity index (χ1) is 12.6. The number of amides is 1. The highest BCUT2D eigenvalue weighted by Crippen LogP contribution is 2.14. The van der Waals surface area contributed by atoms with Crippen molar-refractivity contribution in [2.24, 2.45) is 0 Å². The van der Waals surface area contributed by atoms with Crippen LogP contribution >= 0.6 is 0 Å². The van der Waals surface area contributed by atoms with Gasteiger partial charge in [0.25, 0.3) is 0 Å². The van der Waals surface area contributed by atoms with E-state index in [9.17, 15) is 4.79 Å². The lowest BCUT2D eigenvalue weighted by Crippen LogP contribution is -2.15. The normalized spacial score (nSPS) is 10.4. The van der Waals surface area contributed by atoms with E-state index < -0.39 is 0 Å². The molecule has 26 heavy (non-hydrogen) atoms. The van der Waals surface area contributed by atoms with Crippen molar-refractivity contribution in [3.05, 3.63) is 89.1 Å². The third kappa shape index (κ3) is 4.93. The molecule has 0 saturated carbocycles. The first-order valence-electron chi connectivity index (χ1n) is 8.70. The molecule has 0 aliphatic carbocycles. The van der Waals surface area contributed by atoms with Gasteiger partial charge in [-0.05, 0) is 42.7 Å². The van der Waals surface area contributed by atoms with Crippen molar-refractivity contribution in [3.63, 3.8) is 0 Å². The second-order valence-electron chi connectivity index (χ2n) is 6.42. The molecule has 2 aromatic carbocycles. The Morgan fingerprint density at radius 3 is 2.42 bits per heavy atom. The molecule has 2 N–H and O–H groups in total. The standard InChI is InChI=1S/C22H23N3O/c1-16-7-9-18(10-8-16)13-22(26)25-21-12-11-20(15-24-21)23-14-19-6-4-3-5-17(19)2/h3-12,15,23H,13-14H2,1-2H3,(H,24,25,26). The highest BCUT2D eigenvalue weighted by Gasteiger charge is 2.05. The highest BCUT2D eigenvalue weighted by molar-refractivity contribution is 5.91. The molecule has 0 aliphatic heterocycles. The minimum Gasteiger partial charge on any atom is -0.380 e. The van der Waals surface area contributed by atoms with E-state index in [-0.39, 0.29) is 5.91 Å². The van der Waals surface area contributed by atoms with Gasteiger partial charge in [0, 0.05) is 6.54 Å². The van der Waals surface area contributed by atoms with Crippen LogP contribution in [0.15, 0.2) is 66.9 Å². The molecule has 1 amide bonds. The first kappa shape index (κ1) is 17.7. The quantitative estimate of drug-likeness (QED) is 0.692. The fourth-order valence-corrected chi connectivity index (χ4v) is 2.66. The second-order valence-corrected chi connectivity index (χ2v) is 6.42. The van der Waals surface area contributed by atoms with Gasteiger partial charge in [-0.25, -0.2) is 4.98 Å². The van der Waals surface area contributed by atoms with E-state index in [1.165, 1.54) is 16.7 Å². The lowest BCUT2D eigenvalue weighted by molar-refractivity contribution is -0.115. The summed E-state index contributed by atoms with van der Waals surface area (Å²) in [6.45, 7) is 4.87. The van der Waals surface area contributed by atoms with Crippen molar-refractivity contribution in [2.45, 2.75) is 26.8 Å². The van der Waals surface area contributed by atoms with Gasteiger partial charge < -0.3 is 10.6 Å². The molecular weight excluding hydrogens is 322 g/mol. The van der Waals surface area contributed by atoms with Gasteiger partial charge in [0.15, 0.2) is 0 Å². The Morgan fingerprint density at radius 1 is 0.962 bits per heavy atom. The van der Waals surface area contributed by atoms with Crippen LogP contribution in [0.2, 0.25) is 0 Å². The number of nitrogens with zero attached hydrogens (tertiary/aromatic N) is 1. The topological polar surface area (TPSA) is 54.0 Å². The van der Waals surface area contributed by atoms with Gasteiger partial charge in [-0.2, -0.15) is 0 Å². The fraction of sp³-hybridized carbons (Fsp3) is 0.182. The van der Waals surface area contributed by atoms with E-state index >= 15 is 0 Å². The van der Waals surface area contributed by atoms with E-state index in [0.717, 1.165) is 17.8 Å². The van der Waals surface area contributed by atoms with E-state index in [0.29, 0.717) is 12.2 Å². The number of hydrogen-bond donors (Lipinski definition) is 2.